The number of rotatable bonds is 4. The third-order valence-electron chi connectivity index (χ3n) is 4.59. The SMILES string of the molecule is Cc1cc(-c2cc3ccc(=O)[nH]c3nc2-c2ccccc2)ccc1NS(C)(=O)=O. The van der Waals surface area contributed by atoms with E-state index in [0.29, 0.717) is 11.3 Å². The first kappa shape index (κ1) is 18.9. The molecule has 0 unspecified atom stereocenters. The minimum absolute atomic E-state index is 0.205. The zero-order valence-electron chi connectivity index (χ0n) is 15.9. The van der Waals surface area contributed by atoms with Crippen LogP contribution in [0.25, 0.3) is 33.4 Å². The third-order valence-corrected chi connectivity index (χ3v) is 5.18. The van der Waals surface area contributed by atoms with Crippen LogP contribution in [0.2, 0.25) is 0 Å². The van der Waals surface area contributed by atoms with Crippen molar-refractivity contribution in [3.05, 3.63) is 82.6 Å². The summed E-state index contributed by atoms with van der Waals surface area (Å²) in [4.78, 5) is 19.2. The van der Waals surface area contributed by atoms with E-state index in [4.69, 9.17) is 4.98 Å². The molecule has 0 aliphatic carbocycles. The van der Waals surface area contributed by atoms with Gasteiger partial charge in [0.1, 0.15) is 5.65 Å². The van der Waals surface area contributed by atoms with E-state index < -0.39 is 10.0 Å². The Hall–Kier alpha value is -3.45. The number of hydrogen-bond donors (Lipinski definition) is 2. The molecule has 0 bridgehead atoms. The quantitative estimate of drug-likeness (QED) is 0.538. The highest BCUT2D eigenvalue weighted by Gasteiger charge is 2.14. The molecule has 29 heavy (non-hydrogen) atoms. The van der Waals surface area contributed by atoms with Crippen LogP contribution in [-0.2, 0) is 10.0 Å². The van der Waals surface area contributed by atoms with Gasteiger partial charge in [-0.15, -0.1) is 0 Å². The minimum atomic E-state index is -3.36. The molecule has 7 heteroatoms. The zero-order chi connectivity index (χ0) is 20.6. The number of aryl methyl sites for hydroxylation is 1. The first-order chi connectivity index (χ1) is 13.8. The third kappa shape index (κ3) is 4.05. The molecule has 0 saturated heterocycles. The highest BCUT2D eigenvalue weighted by molar-refractivity contribution is 7.92. The van der Waals surface area contributed by atoms with Crippen LogP contribution < -0.4 is 10.3 Å². The molecule has 0 saturated carbocycles. The predicted octanol–water partition coefficient (Wildman–Crippen LogP) is 3.94. The van der Waals surface area contributed by atoms with Gasteiger partial charge < -0.3 is 4.98 Å². The second-order valence-corrected chi connectivity index (χ2v) is 8.66. The van der Waals surface area contributed by atoms with E-state index in [2.05, 4.69) is 9.71 Å². The van der Waals surface area contributed by atoms with Crippen LogP contribution in [0.3, 0.4) is 0 Å². The maximum atomic E-state index is 11.7. The van der Waals surface area contributed by atoms with E-state index in [0.717, 1.165) is 39.6 Å². The Morgan fingerprint density at radius 1 is 0.931 bits per heavy atom. The standard InChI is InChI=1S/C22H19N3O3S/c1-14-12-16(8-10-19(14)25-29(2,27)28)18-13-17-9-11-20(26)23-22(17)24-21(18)15-6-4-3-5-7-15/h3-13,25H,1-2H3,(H,23,24,26). The second kappa shape index (κ2) is 7.18. The monoisotopic (exact) mass is 405 g/mol. The molecule has 0 spiro atoms. The Morgan fingerprint density at radius 3 is 2.38 bits per heavy atom. The summed E-state index contributed by atoms with van der Waals surface area (Å²) < 4.78 is 25.7. The van der Waals surface area contributed by atoms with Crippen molar-refractivity contribution in [1.29, 1.82) is 0 Å². The highest BCUT2D eigenvalue weighted by Crippen LogP contribution is 2.34. The molecule has 6 nitrogen and oxygen atoms in total. The molecule has 2 N–H and O–H groups in total. The fraction of sp³-hybridized carbons (Fsp3) is 0.0909. The van der Waals surface area contributed by atoms with Gasteiger partial charge in [0.15, 0.2) is 0 Å². The molecule has 2 aromatic heterocycles. The van der Waals surface area contributed by atoms with Gasteiger partial charge in [0.2, 0.25) is 15.6 Å². The van der Waals surface area contributed by atoms with Crippen molar-refractivity contribution in [3.63, 3.8) is 0 Å². The molecule has 4 aromatic rings. The average molecular weight is 405 g/mol. The van der Waals surface area contributed by atoms with Gasteiger partial charge in [-0.1, -0.05) is 36.4 Å². The van der Waals surface area contributed by atoms with E-state index in [-0.39, 0.29) is 5.56 Å². The molecule has 0 aliphatic heterocycles. The van der Waals surface area contributed by atoms with Gasteiger partial charge in [-0.3, -0.25) is 9.52 Å². The highest BCUT2D eigenvalue weighted by atomic mass is 32.2. The van der Waals surface area contributed by atoms with Crippen molar-refractivity contribution in [2.45, 2.75) is 6.92 Å². The Bertz CT molecular complexity index is 1380. The Kier molecular flexibility index (Phi) is 4.68. The lowest BCUT2D eigenvalue weighted by atomic mass is 9.96. The van der Waals surface area contributed by atoms with Crippen LogP contribution in [0.1, 0.15) is 5.56 Å². The summed E-state index contributed by atoms with van der Waals surface area (Å²) in [6.45, 7) is 1.85. The summed E-state index contributed by atoms with van der Waals surface area (Å²) in [6, 6.07) is 20.5. The first-order valence-corrected chi connectivity index (χ1v) is 10.9. The number of fused-ring (bicyclic) bond motifs is 1. The number of aromatic amines is 1. The number of aromatic nitrogens is 2. The van der Waals surface area contributed by atoms with Crippen LogP contribution in [0.4, 0.5) is 5.69 Å². The van der Waals surface area contributed by atoms with Gasteiger partial charge in [-0.05, 0) is 42.3 Å². The summed E-state index contributed by atoms with van der Waals surface area (Å²) in [5.41, 5.74) is 5.11. The number of H-pyrrole nitrogens is 1. The number of benzene rings is 2. The first-order valence-electron chi connectivity index (χ1n) is 8.98. The molecule has 0 radical (unpaired) electrons. The number of nitrogens with one attached hydrogen (secondary N) is 2. The van der Waals surface area contributed by atoms with Gasteiger partial charge in [0, 0.05) is 22.6 Å². The summed E-state index contributed by atoms with van der Waals surface area (Å²) in [7, 11) is -3.36. The van der Waals surface area contributed by atoms with Gasteiger partial charge in [-0.2, -0.15) is 0 Å². The average Bonchev–Trinajstić information content (AvgIpc) is 2.68. The predicted molar refractivity (Wildman–Crippen MR) is 116 cm³/mol. The second-order valence-electron chi connectivity index (χ2n) is 6.91. The summed E-state index contributed by atoms with van der Waals surface area (Å²) in [6.07, 6.45) is 1.13. The van der Waals surface area contributed by atoms with E-state index in [9.17, 15) is 13.2 Å². The van der Waals surface area contributed by atoms with E-state index in [1.165, 1.54) is 6.07 Å². The van der Waals surface area contributed by atoms with Crippen molar-refractivity contribution in [1.82, 2.24) is 9.97 Å². The lowest BCUT2D eigenvalue weighted by molar-refractivity contribution is 0.607. The molecule has 2 heterocycles. The number of sulfonamides is 1. The molecule has 2 aromatic carbocycles. The van der Waals surface area contributed by atoms with Crippen LogP contribution >= 0.6 is 0 Å². The molecule has 0 fully saturated rings. The lowest BCUT2D eigenvalue weighted by Crippen LogP contribution is -2.10. The summed E-state index contributed by atoms with van der Waals surface area (Å²) in [5.74, 6) is 0. The summed E-state index contributed by atoms with van der Waals surface area (Å²) in [5, 5.41) is 0.815. The minimum Gasteiger partial charge on any atom is -0.307 e. The number of nitrogens with zero attached hydrogens (tertiary/aromatic N) is 1. The van der Waals surface area contributed by atoms with Gasteiger partial charge in [-0.25, -0.2) is 13.4 Å². The van der Waals surface area contributed by atoms with Gasteiger partial charge in [0.25, 0.3) is 0 Å². The van der Waals surface area contributed by atoms with Gasteiger partial charge >= 0.3 is 0 Å². The number of hydrogen-bond acceptors (Lipinski definition) is 4. The molecule has 146 valence electrons. The maximum absolute atomic E-state index is 11.7. The molecule has 0 atom stereocenters. The van der Waals surface area contributed by atoms with Crippen molar-refractivity contribution in [3.8, 4) is 22.4 Å². The molecule has 0 aliphatic rings. The summed E-state index contributed by atoms with van der Waals surface area (Å²) >= 11 is 0. The van der Waals surface area contributed by atoms with Crippen molar-refractivity contribution >= 4 is 26.7 Å². The molecular weight excluding hydrogens is 386 g/mol. The largest absolute Gasteiger partial charge is 0.307 e. The topological polar surface area (TPSA) is 91.9 Å². The van der Waals surface area contributed by atoms with Crippen molar-refractivity contribution < 1.29 is 8.42 Å². The maximum Gasteiger partial charge on any atom is 0.249 e. The Labute approximate surface area is 168 Å². The van der Waals surface area contributed by atoms with Gasteiger partial charge in [0.05, 0.1) is 17.6 Å². The van der Waals surface area contributed by atoms with E-state index in [1.54, 1.807) is 12.1 Å². The number of anilines is 1. The Morgan fingerprint density at radius 2 is 1.69 bits per heavy atom. The Balaban J connectivity index is 1.94. The molecule has 0 amide bonds. The van der Waals surface area contributed by atoms with Crippen LogP contribution in [0.15, 0.2) is 71.5 Å². The van der Waals surface area contributed by atoms with Crippen molar-refractivity contribution in [2.24, 2.45) is 0 Å². The van der Waals surface area contributed by atoms with E-state index >= 15 is 0 Å². The fourth-order valence-electron chi connectivity index (χ4n) is 3.26. The van der Waals surface area contributed by atoms with Crippen LogP contribution in [0.5, 0.6) is 0 Å². The van der Waals surface area contributed by atoms with Crippen molar-refractivity contribution in [2.75, 3.05) is 11.0 Å². The number of pyridine rings is 2. The smallest absolute Gasteiger partial charge is 0.249 e. The normalized spacial score (nSPS) is 11.5. The van der Waals surface area contributed by atoms with Crippen LogP contribution in [0, 0.1) is 6.92 Å². The van der Waals surface area contributed by atoms with Crippen LogP contribution in [-0.4, -0.2) is 24.6 Å². The van der Waals surface area contributed by atoms with E-state index in [1.807, 2.05) is 55.5 Å². The molecule has 4 rings (SSSR count). The molecular formula is C22H19N3O3S. The fourth-order valence-corrected chi connectivity index (χ4v) is 3.89. The lowest BCUT2D eigenvalue weighted by Gasteiger charge is -2.14. The zero-order valence-corrected chi connectivity index (χ0v) is 16.7.